The number of thiocarbonyl (C=S) groups is 1. The van der Waals surface area contributed by atoms with Crippen LogP contribution in [0.25, 0.3) is 0 Å². The van der Waals surface area contributed by atoms with Crippen molar-refractivity contribution in [3.8, 4) is 6.07 Å². The third-order valence-corrected chi connectivity index (χ3v) is 7.20. The number of benzene rings is 2. The minimum Gasteiger partial charge on any atom is -0.363 e. The smallest absolute Gasteiger partial charge is 0.363 e. The summed E-state index contributed by atoms with van der Waals surface area (Å²) in [7, 11) is 3.90. The maximum Gasteiger partial charge on any atom is 0.416 e. The molecule has 0 amide bonds. The van der Waals surface area contributed by atoms with E-state index in [9.17, 15) is 18.0 Å². The zero-order chi connectivity index (χ0) is 30.7. The quantitative estimate of drug-likeness (QED) is 0.213. The molecule has 1 atom stereocenters. The van der Waals surface area contributed by atoms with E-state index < -0.39 is 17.7 Å². The molecule has 0 fully saturated rings. The lowest BCUT2D eigenvalue weighted by Crippen LogP contribution is -2.45. The molecule has 0 bridgehead atoms. The molecule has 1 heterocycles. The van der Waals surface area contributed by atoms with Gasteiger partial charge in [0.05, 0.1) is 23.5 Å². The van der Waals surface area contributed by atoms with Crippen LogP contribution in [0.3, 0.4) is 0 Å². The number of carbonyl (C=O) groups is 1. The van der Waals surface area contributed by atoms with E-state index in [0.717, 1.165) is 24.6 Å². The fourth-order valence-electron chi connectivity index (χ4n) is 4.48. The van der Waals surface area contributed by atoms with Gasteiger partial charge in [-0.05, 0) is 68.6 Å². The molecule has 0 aliphatic carbocycles. The Kier molecular flexibility index (Phi) is 12.0. The zero-order valence-electron chi connectivity index (χ0n) is 23.8. The number of nitriles is 1. The number of nitrogens with one attached hydrogen (secondary N) is 1. The minimum atomic E-state index is -4.53. The molecular formula is C30H36F3N7OS. The fourth-order valence-corrected chi connectivity index (χ4v) is 4.72. The van der Waals surface area contributed by atoms with E-state index in [1.165, 1.54) is 12.1 Å². The second-order valence-electron chi connectivity index (χ2n) is 10.3. The number of nitrogens with zero attached hydrogens (tertiary/aromatic N) is 5. The summed E-state index contributed by atoms with van der Waals surface area (Å²) in [5.74, 6) is -0.841. The van der Waals surface area contributed by atoms with Crippen molar-refractivity contribution in [2.75, 3.05) is 40.3 Å². The van der Waals surface area contributed by atoms with Crippen LogP contribution in [0.2, 0.25) is 0 Å². The van der Waals surface area contributed by atoms with Gasteiger partial charge in [-0.3, -0.25) is 4.79 Å². The van der Waals surface area contributed by atoms with Crippen molar-refractivity contribution in [2.24, 2.45) is 11.7 Å². The second-order valence-corrected chi connectivity index (χ2v) is 10.7. The topological polar surface area (TPSA) is 103 Å². The van der Waals surface area contributed by atoms with Crippen molar-refractivity contribution in [1.29, 1.82) is 5.26 Å². The standard InChI is InChI=1S/C30H36F3N7OS/c1-38(2)13-5-12-37-29(42)39(19-24-6-3-4-7-27(24)30(31,32)33)20-25(16-35)28(41)14-26-17-36-21-40(26)18-23-10-8-22(15-34)9-11-23/h3-4,6-11,17,21,25H,5,12-14,16,18-20,35H2,1-2H3,(H,37,42)/t25-/m0/s1. The van der Waals surface area contributed by atoms with Crippen molar-refractivity contribution >= 4 is 23.1 Å². The number of halogens is 3. The van der Waals surface area contributed by atoms with Gasteiger partial charge in [0.15, 0.2) is 5.11 Å². The van der Waals surface area contributed by atoms with E-state index in [-0.39, 0.29) is 42.5 Å². The number of hydrogen-bond donors (Lipinski definition) is 2. The highest BCUT2D eigenvalue weighted by Gasteiger charge is 2.34. The van der Waals surface area contributed by atoms with Crippen LogP contribution in [-0.2, 0) is 30.5 Å². The van der Waals surface area contributed by atoms with Gasteiger partial charge in [0.1, 0.15) is 5.78 Å². The number of hydrogen-bond acceptors (Lipinski definition) is 6. The molecule has 2 aromatic carbocycles. The number of alkyl halides is 3. The molecule has 12 heteroatoms. The molecule has 0 saturated carbocycles. The average molecular weight is 600 g/mol. The molecule has 0 aliphatic rings. The average Bonchev–Trinajstić information content (AvgIpc) is 3.39. The number of carbonyl (C=O) groups excluding carboxylic acids is 1. The third-order valence-electron chi connectivity index (χ3n) is 6.80. The molecule has 1 aromatic heterocycles. The van der Waals surface area contributed by atoms with E-state index in [1.54, 1.807) is 35.6 Å². The Balaban J connectivity index is 1.76. The Bertz CT molecular complexity index is 1370. The molecule has 3 rings (SSSR count). The Morgan fingerprint density at radius 1 is 1.19 bits per heavy atom. The summed E-state index contributed by atoms with van der Waals surface area (Å²) in [4.78, 5) is 21.3. The van der Waals surface area contributed by atoms with E-state index >= 15 is 0 Å². The molecule has 3 aromatic rings. The highest BCUT2D eigenvalue weighted by Crippen LogP contribution is 2.32. The van der Waals surface area contributed by atoms with Crippen LogP contribution >= 0.6 is 12.2 Å². The monoisotopic (exact) mass is 599 g/mol. The predicted molar refractivity (Wildman–Crippen MR) is 159 cm³/mol. The lowest BCUT2D eigenvalue weighted by Gasteiger charge is -2.30. The second kappa shape index (κ2) is 15.4. The summed E-state index contributed by atoms with van der Waals surface area (Å²) in [5.41, 5.74) is 7.54. The van der Waals surface area contributed by atoms with Crippen molar-refractivity contribution in [2.45, 2.75) is 32.1 Å². The summed E-state index contributed by atoms with van der Waals surface area (Å²) in [6, 6.07) is 14.6. The van der Waals surface area contributed by atoms with Gasteiger partial charge in [0.25, 0.3) is 0 Å². The van der Waals surface area contributed by atoms with Crippen LogP contribution < -0.4 is 11.1 Å². The highest BCUT2D eigenvalue weighted by atomic mass is 32.1. The van der Waals surface area contributed by atoms with Gasteiger partial charge in [-0.15, -0.1) is 0 Å². The molecule has 224 valence electrons. The van der Waals surface area contributed by atoms with Crippen LogP contribution in [0.4, 0.5) is 13.2 Å². The third kappa shape index (κ3) is 9.65. The van der Waals surface area contributed by atoms with Crippen LogP contribution in [0.15, 0.2) is 61.1 Å². The van der Waals surface area contributed by atoms with Gasteiger partial charge in [-0.1, -0.05) is 30.3 Å². The zero-order valence-corrected chi connectivity index (χ0v) is 24.6. The molecule has 0 aliphatic heterocycles. The van der Waals surface area contributed by atoms with E-state index in [4.69, 9.17) is 23.2 Å². The van der Waals surface area contributed by atoms with Crippen LogP contribution in [-0.4, -0.2) is 70.5 Å². The number of imidazole rings is 1. The first-order valence-corrected chi connectivity index (χ1v) is 14.0. The Morgan fingerprint density at radius 2 is 1.90 bits per heavy atom. The molecule has 3 N–H and O–H groups in total. The molecule has 0 spiro atoms. The van der Waals surface area contributed by atoms with Crippen LogP contribution in [0.5, 0.6) is 0 Å². The van der Waals surface area contributed by atoms with Gasteiger partial charge in [0.2, 0.25) is 0 Å². The SMILES string of the molecule is CN(C)CCCNC(=S)N(Cc1ccccc1C(F)(F)F)C[C@H](CN)C(=O)Cc1cncn1Cc1ccc(C#N)cc1. The molecular weight excluding hydrogens is 563 g/mol. The van der Waals surface area contributed by atoms with Gasteiger partial charge in [-0.25, -0.2) is 4.98 Å². The summed E-state index contributed by atoms with van der Waals surface area (Å²) < 4.78 is 43.1. The van der Waals surface area contributed by atoms with Gasteiger partial charge < -0.3 is 25.4 Å². The maximum atomic E-state index is 13.8. The Morgan fingerprint density at radius 3 is 2.55 bits per heavy atom. The molecule has 0 saturated heterocycles. The highest BCUT2D eigenvalue weighted by molar-refractivity contribution is 7.80. The number of nitrogens with two attached hydrogens (primary N) is 1. The summed E-state index contributed by atoms with van der Waals surface area (Å²) in [6.07, 6.45) is -0.453. The lowest BCUT2D eigenvalue weighted by molar-refractivity contribution is -0.138. The molecule has 0 unspecified atom stereocenters. The van der Waals surface area contributed by atoms with Crippen molar-refractivity contribution in [3.05, 3.63) is 89.0 Å². The summed E-state index contributed by atoms with van der Waals surface area (Å²) >= 11 is 5.60. The minimum absolute atomic E-state index is 0.00323. The normalized spacial score (nSPS) is 12.1. The number of rotatable bonds is 14. The first-order chi connectivity index (χ1) is 20.0. The van der Waals surface area contributed by atoms with Gasteiger partial charge in [0, 0.05) is 57.0 Å². The van der Waals surface area contributed by atoms with Gasteiger partial charge >= 0.3 is 6.18 Å². The summed E-state index contributed by atoms with van der Waals surface area (Å²) in [5, 5.41) is 12.4. The van der Waals surface area contributed by atoms with Crippen molar-refractivity contribution in [1.82, 2.24) is 24.7 Å². The fraction of sp³-hybridized carbons (Fsp3) is 0.400. The summed E-state index contributed by atoms with van der Waals surface area (Å²) in [6.45, 7) is 1.74. The number of Topliss-reactive ketones (excluding diaryl/α,β-unsaturated/α-hetero) is 1. The van der Waals surface area contributed by atoms with E-state index in [2.05, 4.69) is 16.4 Å². The maximum absolute atomic E-state index is 13.8. The largest absolute Gasteiger partial charge is 0.416 e. The number of aromatic nitrogens is 2. The van der Waals surface area contributed by atoms with Gasteiger partial charge in [-0.2, -0.15) is 18.4 Å². The van der Waals surface area contributed by atoms with Crippen LogP contribution in [0.1, 0.15) is 34.4 Å². The molecule has 0 radical (unpaired) electrons. The first-order valence-electron chi connectivity index (χ1n) is 13.5. The van der Waals surface area contributed by atoms with Crippen molar-refractivity contribution in [3.63, 3.8) is 0 Å². The van der Waals surface area contributed by atoms with Crippen LogP contribution in [0, 0.1) is 17.2 Å². The van der Waals surface area contributed by atoms with Crippen molar-refractivity contribution < 1.29 is 18.0 Å². The number of ketones is 1. The predicted octanol–water partition coefficient (Wildman–Crippen LogP) is 3.84. The van der Waals surface area contributed by atoms with E-state index in [0.29, 0.717) is 24.3 Å². The Labute approximate surface area is 249 Å². The molecule has 42 heavy (non-hydrogen) atoms. The molecule has 8 nitrogen and oxygen atoms in total. The van der Waals surface area contributed by atoms with E-state index in [1.807, 2.05) is 35.7 Å². The lowest BCUT2D eigenvalue weighted by atomic mass is 9.99. The first kappa shape index (κ1) is 32.7. The Hall–Kier alpha value is -3.79.